The van der Waals surface area contributed by atoms with Crippen molar-refractivity contribution in [2.45, 2.75) is 58.3 Å². The highest BCUT2D eigenvalue weighted by atomic mass is 15.1. The minimum absolute atomic E-state index is 0.184. The summed E-state index contributed by atoms with van der Waals surface area (Å²) in [6.45, 7) is 2.37. The quantitative estimate of drug-likeness (QED) is 0.667. The predicted molar refractivity (Wildman–Crippen MR) is 80.4 cm³/mol. The molecule has 0 bridgehead atoms. The van der Waals surface area contributed by atoms with Crippen molar-refractivity contribution in [2.24, 2.45) is 10.4 Å². The van der Waals surface area contributed by atoms with Gasteiger partial charge in [0.05, 0.1) is 11.4 Å². The summed E-state index contributed by atoms with van der Waals surface area (Å²) in [7, 11) is 0. The smallest absolute Gasteiger partial charge is 0.135 e. The Balaban J connectivity index is 1.80. The molecule has 1 aliphatic heterocycles. The van der Waals surface area contributed by atoms with E-state index in [1.165, 1.54) is 51.4 Å². The Kier molecular flexibility index (Phi) is 3.58. The van der Waals surface area contributed by atoms with Crippen LogP contribution in [0.3, 0.4) is 0 Å². The second-order valence-electron chi connectivity index (χ2n) is 6.22. The summed E-state index contributed by atoms with van der Waals surface area (Å²) in [6.07, 6.45) is 10.7. The van der Waals surface area contributed by atoms with Gasteiger partial charge in [-0.3, -0.25) is 0 Å². The summed E-state index contributed by atoms with van der Waals surface area (Å²) in [4.78, 5) is 4.80. The van der Waals surface area contributed by atoms with Gasteiger partial charge in [-0.1, -0.05) is 57.6 Å². The Morgan fingerprint density at radius 1 is 0.842 bits per heavy atom. The fourth-order valence-electron chi connectivity index (χ4n) is 3.26. The zero-order valence-electron chi connectivity index (χ0n) is 11.9. The van der Waals surface area contributed by atoms with Crippen LogP contribution in [0.5, 0.6) is 0 Å². The minimum atomic E-state index is 0.184. The van der Waals surface area contributed by atoms with Gasteiger partial charge in [0.1, 0.15) is 5.84 Å². The first kappa shape index (κ1) is 12.7. The van der Waals surface area contributed by atoms with Crippen molar-refractivity contribution in [1.29, 1.82) is 0 Å². The molecule has 0 spiro atoms. The topological polar surface area (TPSA) is 26.5 Å². The standard InChI is InChI=1S/C17H23N2/c1-17(12-8-4-2-3-5-9-13-17)16-18-14-10-6-7-11-15(14)19-16/h6-7,10-11H,2-5,8-9,12-13H2,1H3. The molecule has 2 heteroatoms. The highest BCUT2D eigenvalue weighted by Gasteiger charge is 2.34. The molecule has 0 saturated heterocycles. The van der Waals surface area contributed by atoms with E-state index in [1.807, 2.05) is 12.1 Å². The number of hydrogen-bond acceptors (Lipinski definition) is 1. The lowest BCUT2D eigenvalue weighted by Gasteiger charge is -2.28. The Labute approximate surface area is 116 Å². The summed E-state index contributed by atoms with van der Waals surface area (Å²) in [5.41, 5.74) is 2.29. The third-order valence-electron chi connectivity index (χ3n) is 4.58. The van der Waals surface area contributed by atoms with Crippen molar-refractivity contribution in [3.8, 4) is 0 Å². The molecule has 0 amide bonds. The molecule has 0 aromatic heterocycles. The highest BCUT2D eigenvalue weighted by molar-refractivity contribution is 5.99. The first-order valence-corrected chi connectivity index (χ1v) is 7.68. The summed E-state index contributed by atoms with van der Waals surface area (Å²) in [5.74, 6) is 1.08. The van der Waals surface area contributed by atoms with E-state index in [-0.39, 0.29) is 5.41 Å². The molecule has 3 rings (SSSR count). The lowest BCUT2D eigenvalue weighted by atomic mass is 9.79. The molecule has 2 aliphatic rings. The average molecular weight is 255 g/mol. The van der Waals surface area contributed by atoms with Gasteiger partial charge in [-0.25, -0.2) is 10.3 Å². The molecular formula is C17H23N2. The Morgan fingerprint density at radius 3 is 2.05 bits per heavy atom. The summed E-state index contributed by atoms with van der Waals surface area (Å²) < 4.78 is 0. The van der Waals surface area contributed by atoms with E-state index in [0.717, 1.165) is 17.2 Å². The number of para-hydroxylation sites is 2. The fraction of sp³-hybridized carbons (Fsp3) is 0.588. The molecule has 0 N–H and O–H groups in total. The summed E-state index contributed by atoms with van der Waals surface area (Å²) in [6, 6.07) is 8.24. The van der Waals surface area contributed by atoms with E-state index < -0.39 is 0 Å². The summed E-state index contributed by atoms with van der Waals surface area (Å²) in [5, 5.41) is 4.80. The minimum Gasteiger partial charge on any atom is -0.231 e. The Bertz CT molecular complexity index is 466. The van der Waals surface area contributed by atoms with Crippen LogP contribution in [0.2, 0.25) is 0 Å². The van der Waals surface area contributed by atoms with Gasteiger partial charge in [0.25, 0.3) is 0 Å². The van der Waals surface area contributed by atoms with Crippen LogP contribution in [-0.2, 0) is 0 Å². The van der Waals surface area contributed by atoms with Gasteiger partial charge in [0.2, 0.25) is 0 Å². The number of hydrogen-bond donors (Lipinski definition) is 0. The number of fused-ring (bicyclic) bond motifs is 1. The van der Waals surface area contributed by atoms with Gasteiger partial charge in [-0.15, -0.1) is 0 Å². The molecule has 1 aromatic carbocycles. The first-order chi connectivity index (χ1) is 9.28. The zero-order valence-corrected chi connectivity index (χ0v) is 11.9. The fourth-order valence-corrected chi connectivity index (χ4v) is 3.26. The molecule has 1 saturated carbocycles. The maximum absolute atomic E-state index is 4.80. The molecule has 0 unspecified atom stereocenters. The van der Waals surface area contributed by atoms with E-state index in [4.69, 9.17) is 10.3 Å². The van der Waals surface area contributed by atoms with E-state index >= 15 is 0 Å². The van der Waals surface area contributed by atoms with Crippen molar-refractivity contribution in [3.05, 3.63) is 24.3 Å². The molecule has 1 radical (unpaired) electrons. The van der Waals surface area contributed by atoms with Gasteiger partial charge < -0.3 is 0 Å². The third kappa shape index (κ3) is 2.68. The molecular weight excluding hydrogens is 232 g/mol. The van der Waals surface area contributed by atoms with Crippen LogP contribution in [0.1, 0.15) is 58.3 Å². The average Bonchev–Trinajstić information content (AvgIpc) is 2.88. The highest BCUT2D eigenvalue weighted by Crippen LogP contribution is 2.40. The number of benzene rings is 1. The van der Waals surface area contributed by atoms with Gasteiger partial charge in [-0.05, 0) is 25.0 Å². The van der Waals surface area contributed by atoms with E-state index in [2.05, 4.69) is 19.1 Å². The second kappa shape index (κ2) is 5.36. The van der Waals surface area contributed by atoms with Gasteiger partial charge >= 0.3 is 0 Å². The van der Waals surface area contributed by atoms with Gasteiger partial charge in [0, 0.05) is 5.41 Å². The van der Waals surface area contributed by atoms with Crippen molar-refractivity contribution >= 4 is 17.2 Å². The molecule has 1 fully saturated rings. The van der Waals surface area contributed by atoms with Crippen LogP contribution in [-0.4, -0.2) is 5.84 Å². The van der Waals surface area contributed by atoms with Crippen molar-refractivity contribution in [2.75, 3.05) is 0 Å². The molecule has 2 nitrogen and oxygen atoms in total. The first-order valence-electron chi connectivity index (χ1n) is 7.68. The van der Waals surface area contributed by atoms with Crippen LogP contribution < -0.4 is 5.32 Å². The van der Waals surface area contributed by atoms with Gasteiger partial charge in [-0.2, -0.15) is 0 Å². The third-order valence-corrected chi connectivity index (χ3v) is 4.58. The number of rotatable bonds is 1. The monoisotopic (exact) mass is 255 g/mol. The predicted octanol–water partition coefficient (Wildman–Crippen LogP) is 5.11. The SMILES string of the molecule is CC1(C2=Nc3ccccc3[N]2)CCCCCCCC1. The maximum atomic E-state index is 4.80. The normalized spacial score (nSPS) is 22.5. The molecule has 1 aromatic rings. The Morgan fingerprint density at radius 2 is 1.42 bits per heavy atom. The molecule has 0 atom stereocenters. The van der Waals surface area contributed by atoms with E-state index in [0.29, 0.717) is 0 Å². The number of aliphatic imine (C=N–C) groups is 1. The van der Waals surface area contributed by atoms with Crippen molar-refractivity contribution in [1.82, 2.24) is 5.32 Å². The molecule has 19 heavy (non-hydrogen) atoms. The van der Waals surface area contributed by atoms with Crippen molar-refractivity contribution in [3.63, 3.8) is 0 Å². The zero-order chi connectivity index (χ0) is 13.1. The van der Waals surface area contributed by atoms with E-state index in [9.17, 15) is 0 Å². The van der Waals surface area contributed by atoms with E-state index in [1.54, 1.807) is 0 Å². The van der Waals surface area contributed by atoms with Crippen molar-refractivity contribution < 1.29 is 0 Å². The molecule has 1 heterocycles. The largest absolute Gasteiger partial charge is 0.231 e. The second-order valence-corrected chi connectivity index (χ2v) is 6.22. The Hall–Kier alpha value is -1.31. The van der Waals surface area contributed by atoms with Crippen LogP contribution in [0.15, 0.2) is 29.3 Å². The lowest BCUT2D eigenvalue weighted by molar-refractivity contribution is 0.368. The maximum Gasteiger partial charge on any atom is 0.135 e. The van der Waals surface area contributed by atoms with Gasteiger partial charge in [0.15, 0.2) is 0 Å². The summed E-state index contributed by atoms with van der Waals surface area (Å²) >= 11 is 0. The molecule has 1 aliphatic carbocycles. The lowest BCUT2D eigenvalue weighted by Crippen LogP contribution is -2.31. The van der Waals surface area contributed by atoms with Crippen LogP contribution >= 0.6 is 0 Å². The number of nitrogens with zero attached hydrogens (tertiary/aromatic N) is 2. The van der Waals surface area contributed by atoms with Crippen LogP contribution in [0, 0.1) is 5.41 Å². The van der Waals surface area contributed by atoms with Crippen LogP contribution in [0.25, 0.3) is 0 Å². The number of amidine groups is 1. The molecule has 101 valence electrons. The van der Waals surface area contributed by atoms with Crippen LogP contribution in [0.4, 0.5) is 11.4 Å².